The second kappa shape index (κ2) is 8.73. The predicted molar refractivity (Wildman–Crippen MR) is 91.2 cm³/mol. The SMILES string of the molecule is CCC(C)N(C)CCNC1CCC(NC(=O)OC(C)(C)C)C1. The molecule has 1 aliphatic rings. The molecular formula is C17H35N3O2. The van der Waals surface area contributed by atoms with E-state index in [4.69, 9.17) is 4.74 Å². The zero-order valence-electron chi connectivity index (χ0n) is 15.2. The second-order valence-corrected chi connectivity index (χ2v) is 7.55. The van der Waals surface area contributed by atoms with Gasteiger partial charge >= 0.3 is 6.09 Å². The van der Waals surface area contributed by atoms with Crippen molar-refractivity contribution in [1.29, 1.82) is 0 Å². The number of nitrogens with one attached hydrogen (secondary N) is 2. The van der Waals surface area contributed by atoms with Crippen molar-refractivity contribution < 1.29 is 9.53 Å². The molecule has 1 rings (SSSR count). The number of rotatable bonds is 7. The third kappa shape index (κ3) is 7.45. The van der Waals surface area contributed by atoms with Crippen LogP contribution in [0.2, 0.25) is 0 Å². The Hall–Kier alpha value is -0.810. The van der Waals surface area contributed by atoms with Crippen LogP contribution in [0.4, 0.5) is 4.79 Å². The Bertz CT molecular complexity index is 341. The van der Waals surface area contributed by atoms with Crippen molar-refractivity contribution in [1.82, 2.24) is 15.5 Å². The lowest BCUT2D eigenvalue weighted by Crippen LogP contribution is -2.40. The van der Waals surface area contributed by atoms with Crippen LogP contribution in [-0.4, -0.2) is 54.9 Å². The molecule has 0 aromatic heterocycles. The van der Waals surface area contributed by atoms with Gasteiger partial charge in [0.25, 0.3) is 0 Å². The van der Waals surface area contributed by atoms with E-state index in [9.17, 15) is 4.79 Å². The Morgan fingerprint density at radius 1 is 1.32 bits per heavy atom. The van der Waals surface area contributed by atoms with Crippen LogP contribution in [0, 0.1) is 0 Å². The van der Waals surface area contributed by atoms with Gasteiger partial charge in [-0.1, -0.05) is 6.92 Å². The van der Waals surface area contributed by atoms with Crippen molar-refractivity contribution in [2.75, 3.05) is 20.1 Å². The molecule has 130 valence electrons. The molecule has 1 saturated carbocycles. The minimum atomic E-state index is -0.430. The van der Waals surface area contributed by atoms with Crippen LogP contribution >= 0.6 is 0 Å². The molecule has 3 atom stereocenters. The van der Waals surface area contributed by atoms with Crippen molar-refractivity contribution >= 4 is 6.09 Å². The molecule has 0 radical (unpaired) electrons. The molecule has 0 saturated heterocycles. The van der Waals surface area contributed by atoms with Gasteiger partial charge in [-0.25, -0.2) is 4.79 Å². The van der Waals surface area contributed by atoms with Crippen LogP contribution in [0.3, 0.4) is 0 Å². The highest BCUT2D eigenvalue weighted by atomic mass is 16.6. The zero-order chi connectivity index (χ0) is 16.8. The second-order valence-electron chi connectivity index (χ2n) is 7.55. The molecule has 0 aromatic rings. The van der Waals surface area contributed by atoms with Crippen LogP contribution < -0.4 is 10.6 Å². The van der Waals surface area contributed by atoms with Gasteiger partial charge < -0.3 is 20.3 Å². The van der Waals surface area contributed by atoms with E-state index in [1.165, 1.54) is 6.42 Å². The standard InChI is InChI=1S/C17H35N3O2/c1-7-13(2)20(6)11-10-18-14-8-9-15(12-14)19-16(21)22-17(3,4)5/h13-15,18H,7-12H2,1-6H3,(H,19,21). The molecule has 1 aliphatic carbocycles. The number of carbonyl (C=O) groups excluding carboxylic acids is 1. The van der Waals surface area contributed by atoms with Gasteiger partial charge in [-0.05, 0) is 60.4 Å². The molecule has 0 aromatic carbocycles. The summed E-state index contributed by atoms with van der Waals surface area (Å²) in [5.41, 5.74) is -0.430. The molecule has 2 N–H and O–H groups in total. The molecule has 5 heteroatoms. The van der Waals surface area contributed by atoms with Crippen LogP contribution in [0.1, 0.15) is 60.3 Å². The molecule has 0 aliphatic heterocycles. The van der Waals surface area contributed by atoms with Crippen molar-refractivity contribution in [3.05, 3.63) is 0 Å². The minimum Gasteiger partial charge on any atom is -0.444 e. The number of nitrogens with zero attached hydrogens (tertiary/aromatic N) is 1. The number of hydrogen-bond donors (Lipinski definition) is 2. The van der Waals surface area contributed by atoms with E-state index >= 15 is 0 Å². The summed E-state index contributed by atoms with van der Waals surface area (Å²) in [6.07, 6.45) is 4.02. The van der Waals surface area contributed by atoms with Crippen LogP contribution in [-0.2, 0) is 4.74 Å². The molecule has 0 spiro atoms. The third-order valence-corrected chi connectivity index (χ3v) is 4.39. The summed E-state index contributed by atoms with van der Waals surface area (Å²) in [5.74, 6) is 0. The van der Waals surface area contributed by atoms with E-state index in [-0.39, 0.29) is 12.1 Å². The minimum absolute atomic E-state index is 0.236. The fourth-order valence-electron chi connectivity index (χ4n) is 2.75. The predicted octanol–water partition coefficient (Wildman–Crippen LogP) is 2.75. The van der Waals surface area contributed by atoms with E-state index in [0.717, 1.165) is 32.4 Å². The van der Waals surface area contributed by atoms with E-state index < -0.39 is 5.60 Å². The maximum absolute atomic E-state index is 11.8. The Morgan fingerprint density at radius 3 is 2.55 bits per heavy atom. The topological polar surface area (TPSA) is 53.6 Å². The number of carbonyl (C=O) groups is 1. The molecule has 1 fully saturated rings. The summed E-state index contributed by atoms with van der Waals surface area (Å²) in [5, 5.41) is 6.59. The summed E-state index contributed by atoms with van der Waals surface area (Å²) in [6, 6.07) is 1.37. The van der Waals surface area contributed by atoms with Gasteiger partial charge in [-0.2, -0.15) is 0 Å². The van der Waals surface area contributed by atoms with Gasteiger partial charge in [0.2, 0.25) is 0 Å². The Morgan fingerprint density at radius 2 is 1.95 bits per heavy atom. The van der Waals surface area contributed by atoms with Crippen LogP contribution in [0.25, 0.3) is 0 Å². The zero-order valence-corrected chi connectivity index (χ0v) is 15.2. The lowest BCUT2D eigenvalue weighted by molar-refractivity contribution is 0.0505. The molecule has 0 heterocycles. The number of ether oxygens (including phenoxy) is 1. The monoisotopic (exact) mass is 313 g/mol. The number of amides is 1. The molecule has 1 amide bonds. The first-order chi connectivity index (χ1) is 10.2. The van der Waals surface area contributed by atoms with Gasteiger partial charge in [-0.3, -0.25) is 0 Å². The van der Waals surface area contributed by atoms with Gasteiger partial charge in [-0.15, -0.1) is 0 Å². The van der Waals surface area contributed by atoms with Crippen LogP contribution in [0.15, 0.2) is 0 Å². The summed E-state index contributed by atoms with van der Waals surface area (Å²) >= 11 is 0. The van der Waals surface area contributed by atoms with Gasteiger partial charge in [0.1, 0.15) is 5.60 Å². The fraction of sp³-hybridized carbons (Fsp3) is 0.941. The molecular weight excluding hydrogens is 278 g/mol. The van der Waals surface area contributed by atoms with E-state index in [2.05, 4.69) is 36.4 Å². The lowest BCUT2D eigenvalue weighted by Gasteiger charge is -2.24. The van der Waals surface area contributed by atoms with Crippen molar-refractivity contribution in [3.63, 3.8) is 0 Å². The van der Waals surface area contributed by atoms with Crippen molar-refractivity contribution in [2.24, 2.45) is 0 Å². The highest BCUT2D eigenvalue weighted by Gasteiger charge is 2.27. The number of hydrogen-bond acceptors (Lipinski definition) is 4. The smallest absolute Gasteiger partial charge is 0.407 e. The molecule has 22 heavy (non-hydrogen) atoms. The maximum Gasteiger partial charge on any atom is 0.407 e. The Labute approximate surface area is 136 Å². The molecule has 5 nitrogen and oxygen atoms in total. The van der Waals surface area contributed by atoms with Gasteiger partial charge in [0, 0.05) is 31.2 Å². The molecule has 0 bridgehead atoms. The Balaban J connectivity index is 2.19. The lowest BCUT2D eigenvalue weighted by atomic mass is 10.2. The first-order valence-corrected chi connectivity index (χ1v) is 8.64. The first kappa shape index (κ1) is 19.2. The van der Waals surface area contributed by atoms with E-state index in [1.807, 2.05) is 20.8 Å². The van der Waals surface area contributed by atoms with Crippen molar-refractivity contribution in [3.8, 4) is 0 Å². The van der Waals surface area contributed by atoms with E-state index in [0.29, 0.717) is 12.1 Å². The summed E-state index contributed by atoms with van der Waals surface area (Å²) in [7, 11) is 2.18. The molecule has 3 unspecified atom stereocenters. The number of alkyl carbamates (subject to hydrolysis) is 1. The van der Waals surface area contributed by atoms with E-state index in [1.54, 1.807) is 0 Å². The third-order valence-electron chi connectivity index (χ3n) is 4.39. The summed E-state index contributed by atoms with van der Waals surface area (Å²) in [4.78, 5) is 14.2. The maximum atomic E-state index is 11.8. The average Bonchev–Trinajstić information content (AvgIpc) is 2.82. The van der Waals surface area contributed by atoms with Gasteiger partial charge in [0.15, 0.2) is 0 Å². The van der Waals surface area contributed by atoms with Crippen LogP contribution in [0.5, 0.6) is 0 Å². The number of likely N-dealkylation sites (N-methyl/N-ethyl adjacent to an activating group) is 1. The summed E-state index contributed by atoms with van der Waals surface area (Å²) in [6.45, 7) is 12.2. The highest BCUT2D eigenvalue weighted by molar-refractivity contribution is 5.68. The summed E-state index contributed by atoms with van der Waals surface area (Å²) < 4.78 is 5.31. The first-order valence-electron chi connectivity index (χ1n) is 8.64. The normalized spacial score (nSPS) is 23.6. The van der Waals surface area contributed by atoms with Crippen molar-refractivity contribution in [2.45, 2.75) is 84.0 Å². The fourth-order valence-corrected chi connectivity index (χ4v) is 2.75. The average molecular weight is 313 g/mol. The Kier molecular flexibility index (Phi) is 7.63. The quantitative estimate of drug-likeness (QED) is 0.759. The highest BCUT2D eigenvalue weighted by Crippen LogP contribution is 2.19. The largest absolute Gasteiger partial charge is 0.444 e. The van der Waals surface area contributed by atoms with Gasteiger partial charge in [0.05, 0.1) is 0 Å².